The summed E-state index contributed by atoms with van der Waals surface area (Å²) in [7, 11) is 0. The van der Waals surface area contributed by atoms with E-state index in [9.17, 15) is 19.2 Å². The summed E-state index contributed by atoms with van der Waals surface area (Å²) in [5.41, 5.74) is -0.325. The molecule has 3 heterocycles. The van der Waals surface area contributed by atoms with Crippen molar-refractivity contribution in [3.05, 3.63) is 22.2 Å². The third kappa shape index (κ3) is 7.64. The van der Waals surface area contributed by atoms with Crippen molar-refractivity contribution < 1.29 is 18.9 Å². The normalized spacial score (nSPS) is 21.9. The number of H-pyrrole nitrogens is 1. The molecule has 3 rings (SSSR count). The van der Waals surface area contributed by atoms with E-state index >= 15 is 0 Å². The van der Waals surface area contributed by atoms with Crippen LogP contribution in [0.25, 0.3) is 0 Å². The second kappa shape index (κ2) is 11.8. The van der Waals surface area contributed by atoms with Crippen molar-refractivity contribution in [1.82, 2.24) is 26.4 Å². The van der Waals surface area contributed by atoms with Gasteiger partial charge in [-0.15, -0.1) is 0 Å². The molecule has 0 aliphatic carbocycles. The Morgan fingerprint density at radius 1 is 1.03 bits per heavy atom. The van der Waals surface area contributed by atoms with Crippen molar-refractivity contribution in [1.29, 1.82) is 0 Å². The number of hydrogen-bond donors (Lipinski definition) is 5. The monoisotopic (exact) mass is 453 g/mol. The minimum atomic E-state index is -0.325. The van der Waals surface area contributed by atoms with Crippen molar-refractivity contribution >= 4 is 29.6 Å². The van der Waals surface area contributed by atoms with E-state index in [2.05, 4.69) is 26.4 Å². The first kappa shape index (κ1) is 23.2. The highest BCUT2D eigenvalue weighted by atomic mass is 32.2. The molecular formula is C20H31N5O5S. The first-order valence-electron chi connectivity index (χ1n) is 10.9. The van der Waals surface area contributed by atoms with Gasteiger partial charge in [0.1, 0.15) is 0 Å². The average molecular weight is 454 g/mol. The lowest BCUT2D eigenvalue weighted by Gasteiger charge is -2.16. The summed E-state index contributed by atoms with van der Waals surface area (Å²) in [6, 6.07) is 1.71. The van der Waals surface area contributed by atoms with Crippen molar-refractivity contribution in [3.63, 3.8) is 0 Å². The van der Waals surface area contributed by atoms with Crippen LogP contribution >= 0.6 is 11.8 Å². The van der Waals surface area contributed by atoms with E-state index in [1.165, 1.54) is 6.07 Å². The summed E-state index contributed by atoms with van der Waals surface area (Å²) < 4.78 is 4.86. The molecule has 0 aromatic carbocycles. The van der Waals surface area contributed by atoms with Crippen molar-refractivity contribution in [2.75, 3.05) is 12.3 Å². The number of carbonyl (C=O) groups is 3. The molecule has 3 atom stereocenters. The lowest BCUT2D eigenvalue weighted by atomic mass is 10.0. The quantitative estimate of drug-likeness (QED) is 0.222. The van der Waals surface area contributed by atoms with Crippen molar-refractivity contribution in [2.24, 2.45) is 0 Å². The van der Waals surface area contributed by atoms with Gasteiger partial charge in [-0.05, 0) is 25.7 Å². The molecule has 2 saturated heterocycles. The molecule has 0 spiro atoms. The number of thioether (sulfide) groups is 1. The van der Waals surface area contributed by atoms with Gasteiger partial charge in [-0.25, -0.2) is 4.79 Å². The fourth-order valence-corrected chi connectivity index (χ4v) is 5.40. The van der Waals surface area contributed by atoms with Gasteiger partial charge in [-0.3, -0.25) is 14.4 Å². The fraction of sp³-hybridized carbons (Fsp3) is 0.700. The topological polar surface area (TPSA) is 145 Å². The van der Waals surface area contributed by atoms with E-state index in [1.807, 2.05) is 11.8 Å². The van der Waals surface area contributed by atoms with Crippen LogP contribution in [-0.2, 0) is 16.1 Å². The van der Waals surface area contributed by atoms with Crippen LogP contribution in [0.2, 0.25) is 0 Å². The minimum absolute atomic E-state index is 0.0631. The Kier molecular flexibility index (Phi) is 8.86. The molecule has 1 aromatic heterocycles. The van der Waals surface area contributed by atoms with Crippen LogP contribution in [0.3, 0.4) is 0 Å². The highest BCUT2D eigenvalue weighted by Crippen LogP contribution is 2.33. The van der Waals surface area contributed by atoms with Gasteiger partial charge in [0.25, 0.3) is 5.56 Å². The second-order valence-corrected chi connectivity index (χ2v) is 9.26. The number of aromatic amines is 1. The summed E-state index contributed by atoms with van der Waals surface area (Å²) in [6.07, 6.45) is 6.20. The highest BCUT2D eigenvalue weighted by Gasteiger charge is 2.42. The summed E-state index contributed by atoms with van der Waals surface area (Å²) in [6.45, 7) is 0.814. The molecule has 2 aliphatic heterocycles. The molecule has 4 amide bonds. The molecule has 31 heavy (non-hydrogen) atoms. The van der Waals surface area contributed by atoms with E-state index in [0.717, 1.165) is 44.3 Å². The Bertz CT molecular complexity index is 810. The standard InChI is InChI=1S/C20H31N5O5S/c26-16(8-4-3-6-15-19-14(12-31-15)23-20(29)24-19)21-9-5-1-2-7-17(27)22-11-13-10-18(28)25-30-13/h10,14-15,19H,1-9,11-12H2,(H,21,26)(H,22,27)(H,25,28)(H2,23,24,29)/t14-,15-,19-/m0/s1. The predicted octanol–water partition coefficient (Wildman–Crippen LogP) is 0.987. The molecule has 5 N–H and O–H groups in total. The molecule has 0 unspecified atom stereocenters. The van der Waals surface area contributed by atoms with Gasteiger partial charge >= 0.3 is 6.03 Å². The maximum atomic E-state index is 11.9. The van der Waals surface area contributed by atoms with Crippen LogP contribution < -0.4 is 26.8 Å². The van der Waals surface area contributed by atoms with Crippen LogP contribution in [0.5, 0.6) is 0 Å². The van der Waals surface area contributed by atoms with Gasteiger partial charge in [0.2, 0.25) is 11.8 Å². The van der Waals surface area contributed by atoms with Gasteiger partial charge in [-0.2, -0.15) is 16.9 Å². The number of amides is 4. The third-order valence-electron chi connectivity index (χ3n) is 5.52. The third-order valence-corrected chi connectivity index (χ3v) is 7.03. The number of urea groups is 1. The van der Waals surface area contributed by atoms with Crippen molar-refractivity contribution in [2.45, 2.75) is 75.2 Å². The number of unbranched alkanes of at least 4 members (excludes halogenated alkanes) is 3. The molecule has 0 radical (unpaired) electrons. The number of hydrogen-bond acceptors (Lipinski definition) is 6. The van der Waals surface area contributed by atoms with E-state index in [1.54, 1.807) is 0 Å². The minimum Gasteiger partial charge on any atom is -0.382 e. The van der Waals surface area contributed by atoms with Gasteiger partial charge in [0, 0.05) is 36.5 Å². The Morgan fingerprint density at radius 2 is 1.81 bits per heavy atom. The Balaban J connectivity index is 1.13. The Labute approximate surface area is 185 Å². The molecule has 10 nitrogen and oxygen atoms in total. The van der Waals surface area contributed by atoms with Crippen LogP contribution in [0.15, 0.2) is 15.4 Å². The van der Waals surface area contributed by atoms with Gasteiger partial charge in [-0.1, -0.05) is 12.8 Å². The van der Waals surface area contributed by atoms with Crippen molar-refractivity contribution in [3.8, 4) is 0 Å². The van der Waals surface area contributed by atoms with Crippen LogP contribution in [0, 0.1) is 0 Å². The first-order chi connectivity index (χ1) is 15.0. The molecule has 11 heteroatoms. The first-order valence-corrected chi connectivity index (χ1v) is 12.0. The van der Waals surface area contributed by atoms with Gasteiger partial charge in [0.15, 0.2) is 5.76 Å². The lowest BCUT2D eigenvalue weighted by Crippen LogP contribution is -2.36. The van der Waals surface area contributed by atoms with E-state index in [4.69, 9.17) is 4.52 Å². The van der Waals surface area contributed by atoms with Crippen LogP contribution in [0.4, 0.5) is 4.79 Å². The lowest BCUT2D eigenvalue weighted by molar-refractivity contribution is -0.122. The summed E-state index contributed by atoms with van der Waals surface area (Å²) in [5, 5.41) is 14.2. The average Bonchev–Trinajstić information content (AvgIpc) is 3.42. The molecule has 0 saturated carbocycles. The second-order valence-electron chi connectivity index (χ2n) is 7.98. The van der Waals surface area contributed by atoms with E-state index in [0.29, 0.717) is 30.4 Å². The molecule has 2 fully saturated rings. The highest BCUT2D eigenvalue weighted by molar-refractivity contribution is 8.00. The Hall–Kier alpha value is -2.43. The molecule has 0 bridgehead atoms. The zero-order chi connectivity index (χ0) is 22.1. The van der Waals surface area contributed by atoms with Crippen LogP contribution in [-0.4, -0.2) is 52.6 Å². The largest absolute Gasteiger partial charge is 0.382 e. The number of carbonyl (C=O) groups excluding carboxylic acids is 3. The number of aromatic nitrogens is 1. The fourth-order valence-electron chi connectivity index (χ4n) is 3.86. The number of rotatable bonds is 13. The van der Waals surface area contributed by atoms with Gasteiger partial charge in [0.05, 0.1) is 18.6 Å². The maximum absolute atomic E-state index is 11.9. The summed E-state index contributed by atoms with van der Waals surface area (Å²) in [5.74, 6) is 1.34. The van der Waals surface area contributed by atoms with Crippen LogP contribution in [0.1, 0.15) is 57.1 Å². The van der Waals surface area contributed by atoms with Gasteiger partial charge < -0.3 is 25.8 Å². The maximum Gasteiger partial charge on any atom is 0.315 e. The zero-order valence-corrected chi connectivity index (χ0v) is 18.4. The molecule has 172 valence electrons. The van der Waals surface area contributed by atoms with E-state index < -0.39 is 0 Å². The van der Waals surface area contributed by atoms with E-state index in [-0.39, 0.29) is 42.0 Å². The zero-order valence-electron chi connectivity index (χ0n) is 17.5. The molecule has 2 aliphatic rings. The summed E-state index contributed by atoms with van der Waals surface area (Å²) >= 11 is 1.90. The smallest absolute Gasteiger partial charge is 0.315 e. The predicted molar refractivity (Wildman–Crippen MR) is 117 cm³/mol. The number of nitrogens with one attached hydrogen (secondary N) is 5. The SMILES string of the molecule is O=C(CCCC[C@@H]1SC[C@@H]2NC(=O)N[C@@H]21)NCCCCCC(=O)NCc1cc(=O)[nH]o1. The Morgan fingerprint density at radius 3 is 2.58 bits per heavy atom. The summed E-state index contributed by atoms with van der Waals surface area (Å²) in [4.78, 5) is 46.0. The molecular weight excluding hydrogens is 422 g/mol. The number of fused-ring (bicyclic) bond motifs is 1. The molecule has 1 aromatic rings.